The minimum Gasteiger partial charge on any atom is -0.448 e. The summed E-state index contributed by atoms with van der Waals surface area (Å²) in [5.41, 5.74) is -0.329. The van der Waals surface area contributed by atoms with Gasteiger partial charge in [0, 0.05) is 6.54 Å². The van der Waals surface area contributed by atoms with E-state index in [1.54, 1.807) is 0 Å². The molecule has 1 fully saturated rings. The van der Waals surface area contributed by atoms with Crippen LogP contribution in [0.15, 0.2) is 4.99 Å². The number of hydrogen-bond donors (Lipinski definition) is 4. The third-order valence-corrected chi connectivity index (χ3v) is 4.09. The molecule has 4 N–H and O–H groups in total. The Kier molecular flexibility index (Phi) is 3.58. The summed E-state index contributed by atoms with van der Waals surface area (Å²) < 4.78 is 5.48. The van der Waals surface area contributed by atoms with Crippen LogP contribution in [0.5, 0.6) is 0 Å². The Morgan fingerprint density at radius 3 is 2.81 bits per heavy atom. The molecule has 0 aromatic rings. The average Bonchev–Trinajstić information content (AvgIpc) is 2.67. The second-order valence-electron chi connectivity index (χ2n) is 3.78. The summed E-state index contributed by atoms with van der Waals surface area (Å²) in [5.74, 6) is 0. The summed E-state index contributed by atoms with van der Waals surface area (Å²) in [6.45, 7) is 2.42. The van der Waals surface area contributed by atoms with Crippen LogP contribution < -0.4 is 5.32 Å². The molecule has 0 aromatic heterocycles. The van der Waals surface area contributed by atoms with Crippen LogP contribution >= 0.6 is 11.8 Å². The third-order valence-electron chi connectivity index (χ3n) is 2.67. The molecule has 92 valence electrons. The molecule has 1 saturated heterocycles. The molecular formula is C9H16N2O4S. The van der Waals surface area contributed by atoms with Crippen molar-refractivity contribution in [3.8, 4) is 0 Å². The highest BCUT2D eigenvalue weighted by molar-refractivity contribution is 8.00. The maximum absolute atomic E-state index is 9.85. The molecule has 0 spiro atoms. The van der Waals surface area contributed by atoms with E-state index in [1.165, 1.54) is 11.8 Å². The largest absolute Gasteiger partial charge is 0.448 e. The van der Waals surface area contributed by atoms with Crippen molar-refractivity contribution in [3.63, 3.8) is 0 Å². The Labute approximate surface area is 97.7 Å². The van der Waals surface area contributed by atoms with E-state index >= 15 is 0 Å². The minimum atomic E-state index is -0.987. The Morgan fingerprint density at radius 1 is 1.44 bits per heavy atom. The van der Waals surface area contributed by atoms with Crippen LogP contribution in [0.3, 0.4) is 0 Å². The van der Waals surface area contributed by atoms with Crippen molar-refractivity contribution in [2.45, 2.75) is 35.9 Å². The molecule has 0 aromatic carbocycles. The lowest BCUT2D eigenvalue weighted by Gasteiger charge is -2.36. The van der Waals surface area contributed by atoms with Gasteiger partial charge in [0.25, 0.3) is 6.02 Å². The van der Waals surface area contributed by atoms with Gasteiger partial charge in [0.15, 0.2) is 5.44 Å². The van der Waals surface area contributed by atoms with Crippen LogP contribution in [0, 0.1) is 0 Å². The Morgan fingerprint density at radius 2 is 2.19 bits per heavy atom. The van der Waals surface area contributed by atoms with Crippen molar-refractivity contribution in [1.82, 2.24) is 5.32 Å². The number of ether oxygens (including phenoxy) is 1. The fraction of sp³-hybridized carbons (Fsp3) is 0.889. The molecular weight excluding hydrogens is 232 g/mol. The van der Waals surface area contributed by atoms with Gasteiger partial charge in [-0.05, 0) is 6.92 Å². The molecule has 2 aliphatic rings. The Hall–Kier alpha value is -0.500. The lowest BCUT2D eigenvalue weighted by molar-refractivity contribution is -0.0192. The van der Waals surface area contributed by atoms with Gasteiger partial charge in [0.05, 0.1) is 18.0 Å². The summed E-state index contributed by atoms with van der Waals surface area (Å²) in [4.78, 5) is 4.17. The monoisotopic (exact) mass is 248 g/mol. The van der Waals surface area contributed by atoms with Gasteiger partial charge in [0.2, 0.25) is 0 Å². The fourth-order valence-corrected chi connectivity index (χ4v) is 3.10. The standard InChI is InChI=1S/C9H16N2O4S/c1-2-10-9-11-5-7(14)6(13)4(3-12)16-8(5)15-9/h4-8,12-14H,2-3H2,1H3,(H,10,11)/t4-,5-,6-,7-,8?/m1/s1. The van der Waals surface area contributed by atoms with E-state index in [2.05, 4.69) is 10.3 Å². The van der Waals surface area contributed by atoms with Gasteiger partial charge in [-0.2, -0.15) is 0 Å². The smallest absolute Gasteiger partial charge is 0.286 e. The lowest BCUT2D eigenvalue weighted by atomic mass is 10.0. The van der Waals surface area contributed by atoms with E-state index in [1.807, 2.05) is 6.92 Å². The molecule has 0 amide bonds. The first-order chi connectivity index (χ1) is 7.67. The lowest BCUT2D eigenvalue weighted by Crippen LogP contribution is -2.52. The molecule has 0 radical (unpaired) electrons. The molecule has 0 bridgehead atoms. The number of hydrogen-bond acceptors (Lipinski definition) is 7. The van der Waals surface area contributed by atoms with Crippen LogP contribution in [0.1, 0.15) is 6.92 Å². The summed E-state index contributed by atoms with van der Waals surface area (Å²) >= 11 is 1.31. The first kappa shape index (κ1) is 12.0. The predicted molar refractivity (Wildman–Crippen MR) is 60.3 cm³/mol. The van der Waals surface area contributed by atoms with Crippen molar-refractivity contribution in [2.24, 2.45) is 4.99 Å². The van der Waals surface area contributed by atoms with Crippen molar-refractivity contribution < 1.29 is 20.1 Å². The van der Waals surface area contributed by atoms with E-state index in [0.29, 0.717) is 12.6 Å². The molecule has 2 aliphatic heterocycles. The van der Waals surface area contributed by atoms with Crippen LogP contribution in [0.4, 0.5) is 0 Å². The zero-order valence-corrected chi connectivity index (χ0v) is 9.72. The van der Waals surface area contributed by atoms with Crippen molar-refractivity contribution in [2.75, 3.05) is 13.2 Å². The first-order valence-corrected chi connectivity index (χ1v) is 6.22. The summed E-state index contributed by atoms with van der Waals surface area (Å²) in [7, 11) is 0. The van der Waals surface area contributed by atoms with E-state index < -0.39 is 23.5 Å². The minimum absolute atomic E-state index is 0.188. The highest BCUT2D eigenvalue weighted by Crippen LogP contribution is 2.37. The number of rotatable bonds is 2. The fourth-order valence-electron chi connectivity index (χ4n) is 1.82. The predicted octanol–water partition coefficient (Wildman–Crippen LogP) is -1.49. The maximum Gasteiger partial charge on any atom is 0.286 e. The van der Waals surface area contributed by atoms with Crippen LogP contribution in [-0.2, 0) is 4.74 Å². The third kappa shape index (κ3) is 2.00. The zero-order chi connectivity index (χ0) is 11.7. The molecule has 2 rings (SSSR count). The van der Waals surface area contributed by atoms with Crippen molar-refractivity contribution in [3.05, 3.63) is 0 Å². The molecule has 0 saturated carbocycles. The number of aliphatic hydroxyl groups is 3. The van der Waals surface area contributed by atoms with E-state index in [0.717, 1.165) is 0 Å². The van der Waals surface area contributed by atoms with E-state index in [9.17, 15) is 10.2 Å². The summed E-state index contributed by atoms with van der Waals surface area (Å²) in [6.07, 6.45) is -1.95. The van der Waals surface area contributed by atoms with Crippen molar-refractivity contribution >= 4 is 17.8 Å². The quantitative estimate of drug-likeness (QED) is 0.475. The molecule has 6 nitrogen and oxygen atoms in total. The molecule has 1 unspecified atom stereocenters. The number of nitrogens with zero attached hydrogens (tertiary/aromatic N) is 1. The SMILES string of the molecule is CCNC1=N[C@H]2C(O1)S[C@H](CO)[C@@H](O)[C@@H]2O. The topological polar surface area (TPSA) is 94.3 Å². The zero-order valence-electron chi connectivity index (χ0n) is 8.91. The van der Waals surface area contributed by atoms with Gasteiger partial charge >= 0.3 is 0 Å². The molecule has 2 heterocycles. The van der Waals surface area contributed by atoms with E-state index in [-0.39, 0.29) is 12.0 Å². The molecule has 5 atom stereocenters. The van der Waals surface area contributed by atoms with Gasteiger partial charge in [-0.1, -0.05) is 0 Å². The summed E-state index contributed by atoms with van der Waals surface area (Å²) in [6, 6.07) is -0.0633. The second kappa shape index (κ2) is 4.79. The van der Waals surface area contributed by atoms with Gasteiger partial charge in [-0.25, -0.2) is 4.99 Å². The van der Waals surface area contributed by atoms with Gasteiger partial charge < -0.3 is 25.4 Å². The first-order valence-electron chi connectivity index (χ1n) is 5.28. The molecule has 0 aliphatic carbocycles. The van der Waals surface area contributed by atoms with Crippen LogP contribution in [0.25, 0.3) is 0 Å². The van der Waals surface area contributed by atoms with Gasteiger partial charge in [-0.3, -0.25) is 0 Å². The van der Waals surface area contributed by atoms with E-state index in [4.69, 9.17) is 9.84 Å². The average molecular weight is 248 g/mol. The van der Waals surface area contributed by atoms with Crippen LogP contribution in [-0.4, -0.2) is 63.4 Å². The second-order valence-corrected chi connectivity index (χ2v) is 5.12. The van der Waals surface area contributed by atoms with Crippen molar-refractivity contribution in [1.29, 1.82) is 0 Å². The van der Waals surface area contributed by atoms with Crippen LogP contribution in [0.2, 0.25) is 0 Å². The molecule has 16 heavy (non-hydrogen) atoms. The number of fused-ring (bicyclic) bond motifs is 1. The number of aliphatic imine (C=N–C) groups is 1. The Bertz CT molecular complexity index is 289. The van der Waals surface area contributed by atoms with Gasteiger partial charge in [0.1, 0.15) is 12.1 Å². The maximum atomic E-state index is 9.85. The number of amidine groups is 1. The highest BCUT2D eigenvalue weighted by Gasteiger charge is 2.48. The summed E-state index contributed by atoms with van der Waals surface area (Å²) in [5, 5.41) is 31.1. The molecule has 7 heteroatoms. The number of nitrogens with one attached hydrogen (secondary N) is 1. The highest BCUT2D eigenvalue weighted by atomic mass is 32.2. The van der Waals surface area contributed by atoms with Gasteiger partial charge in [-0.15, -0.1) is 11.8 Å². The Balaban J connectivity index is 2.08. The number of aliphatic hydroxyl groups excluding tert-OH is 3. The number of thioether (sulfide) groups is 1. The normalized spacial score (nSPS) is 42.2.